The molecule has 0 radical (unpaired) electrons. The van der Waals surface area contributed by atoms with Gasteiger partial charge in [-0.3, -0.25) is 0 Å². The molecular formula is C13H14F3N5O3. The van der Waals surface area contributed by atoms with Crippen LogP contribution in [0.5, 0.6) is 0 Å². The van der Waals surface area contributed by atoms with Gasteiger partial charge in [-0.25, -0.2) is 4.79 Å². The maximum Gasteiger partial charge on any atom is 0.455 e. The average molecular weight is 345 g/mol. The molecule has 1 fully saturated rings. The Kier molecular flexibility index (Phi) is 4.40. The lowest BCUT2D eigenvalue weighted by molar-refractivity contribution is -0.146. The zero-order valence-electron chi connectivity index (χ0n) is 12.4. The van der Waals surface area contributed by atoms with Crippen molar-refractivity contribution < 1.29 is 27.0 Å². The number of hydrogen-bond acceptors (Lipinski definition) is 6. The first-order valence-electron chi connectivity index (χ1n) is 7.26. The van der Waals surface area contributed by atoms with E-state index in [1.807, 2.05) is 0 Å². The summed E-state index contributed by atoms with van der Waals surface area (Å²) in [7, 11) is 0. The average Bonchev–Trinajstić information content (AvgIpc) is 3.23. The fourth-order valence-corrected chi connectivity index (χ4v) is 2.52. The summed E-state index contributed by atoms with van der Waals surface area (Å²) >= 11 is 0. The Labute approximate surface area is 134 Å². The molecule has 0 atom stereocenters. The number of hydrogen-bond donors (Lipinski definition) is 1. The van der Waals surface area contributed by atoms with Crippen LogP contribution < -0.4 is 5.32 Å². The van der Waals surface area contributed by atoms with Crippen molar-refractivity contribution >= 4 is 6.03 Å². The first kappa shape index (κ1) is 16.3. The molecule has 1 aliphatic heterocycles. The van der Waals surface area contributed by atoms with E-state index in [0.717, 1.165) is 18.5 Å². The van der Waals surface area contributed by atoms with Gasteiger partial charge in [0.2, 0.25) is 5.89 Å². The second-order valence-electron chi connectivity index (χ2n) is 5.35. The third-order valence-electron chi connectivity index (χ3n) is 3.77. The van der Waals surface area contributed by atoms with E-state index >= 15 is 0 Å². The first-order valence-corrected chi connectivity index (χ1v) is 7.26. The number of amides is 2. The molecule has 2 aromatic heterocycles. The molecule has 0 unspecified atom stereocenters. The van der Waals surface area contributed by atoms with Crippen LogP contribution in [0.2, 0.25) is 0 Å². The standard InChI is InChI=1S/C13H14F3N5O3/c14-13(15,16)11-18-10(24-20-11)7-17-12(22)21-4-1-8(2-5-21)9-3-6-23-19-9/h3,6,8H,1-2,4-5,7H2,(H,17,22). The van der Waals surface area contributed by atoms with Crippen molar-refractivity contribution in [1.82, 2.24) is 25.5 Å². The van der Waals surface area contributed by atoms with E-state index < -0.39 is 12.0 Å². The Morgan fingerprint density at radius 1 is 1.33 bits per heavy atom. The predicted molar refractivity (Wildman–Crippen MR) is 71.6 cm³/mol. The number of nitrogens with zero attached hydrogens (tertiary/aromatic N) is 4. The Balaban J connectivity index is 1.47. The van der Waals surface area contributed by atoms with Crippen LogP contribution in [0.1, 0.15) is 36.2 Å². The smallest absolute Gasteiger partial charge is 0.365 e. The lowest BCUT2D eigenvalue weighted by Gasteiger charge is -2.30. The number of carbonyl (C=O) groups is 1. The van der Waals surface area contributed by atoms with Gasteiger partial charge < -0.3 is 19.3 Å². The number of halogens is 3. The van der Waals surface area contributed by atoms with Crippen LogP contribution in [0, 0.1) is 0 Å². The zero-order chi connectivity index (χ0) is 17.2. The zero-order valence-corrected chi connectivity index (χ0v) is 12.4. The van der Waals surface area contributed by atoms with Gasteiger partial charge in [0.15, 0.2) is 0 Å². The number of nitrogens with one attached hydrogen (secondary N) is 1. The summed E-state index contributed by atoms with van der Waals surface area (Å²) in [6.07, 6.45) is -1.69. The van der Waals surface area contributed by atoms with Gasteiger partial charge in [0.05, 0.1) is 12.2 Å². The number of rotatable bonds is 3. The van der Waals surface area contributed by atoms with Gasteiger partial charge in [-0.15, -0.1) is 0 Å². The molecule has 130 valence electrons. The van der Waals surface area contributed by atoms with Crippen molar-refractivity contribution in [2.45, 2.75) is 31.5 Å². The van der Waals surface area contributed by atoms with E-state index in [0.29, 0.717) is 13.1 Å². The van der Waals surface area contributed by atoms with E-state index in [1.165, 1.54) is 6.26 Å². The van der Waals surface area contributed by atoms with Crippen molar-refractivity contribution in [2.75, 3.05) is 13.1 Å². The molecule has 1 aliphatic rings. The molecule has 11 heteroatoms. The van der Waals surface area contributed by atoms with Gasteiger partial charge >= 0.3 is 12.2 Å². The Morgan fingerprint density at radius 3 is 2.67 bits per heavy atom. The Bertz CT molecular complexity index is 677. The summed E-state index contributed by atoms with van der Waals surface area (Å²) in [4.78, 5) is 16.8. The molecule has 1 saturated heterocycles. The van der Waals surface area contributed by atoms with Crippen LogP contribution in [-0.2, 0) is 12.7 Å². The molecule has 0 aromatic carbocycles. The minimum absolute atomic E-state index is 0.234. The normalized spacial score (nSPS) is 16.4. The number of aromatic nitrogens is 3. The lowest BCUT2D eigenvalue weighted by Crippen LogP contribution is -2.43. The number of urea groups is 1. The molecule has 2 amide bonds. The number of likely N-dealkylation sites (tertiary alicyclic amines) is 1. The van der Waals surface area contributed by atoms with Gasteiger partial charge in [0.1, 0.15) is 6.26 Å². The van der Waals surface area contributed by atoms with Gasteiger partial charge in [-0.1, -0.05) is 10.3 Å². The lowest BCUT2D eigenvalue weighted by atomic mass is 9.94. The van der Waals surface area contributed by atoms with Gasteiger partial charge in [0.25, 0.3) is 5.82 Å². The quantitative estimate of drug-likeness (QED) is 0.916. The highest BCUT2D eigenvalue weighted by Crippen LogP contribution is 2.27. The largest absolute Gasteiger partial charge is 0.455 e. The second-order valence-corrected chi connectivity index (χ2v) is 5.35. The summed E-state index contributed by atoms with van der Waals surface area (Å²) < 4.78 is 46.3. The van der Waals surface area contributed by atoms with E-state index in [1.54, 1.807) is 11.0 Å². The van der Waals surface area contributed by atoms with E-state index in [4.69, 9.17) is 4.52 Å². The molecule has 0 aliphatic carbocycles. The van der Waals surface area contributed by atoms with Crippen LogP contribution in [0.4, 0.5) is 18.0 Å². The first-order chi connectivity index (χ1) is 11.4. The molecular weight excluding hydrogens is 331 g/mol. The van der Waals surface area contributed by atoms with Gasteiger partial charge in [0, 0.05) is 25.1 Å². The highest BCUT2D eigenvalue weighted by molar-refractivity contribution is 5.74. The molecule has 8 nitrogen and oxygen atoms in total. The monoisotopic (exact) mass is 345 g/mol. The predicted octanol–water partition coefficient (Wildman–Crippen LogP) is 2.17. The van der Waals surface area contributed by atoms with Crippen molar-refractivity contribution in [2.24, 2.45) is 0 Å². The fourth-order valence-electron chi connectivity index (χ4n) is 2.52. The number of alkyl halides is 3. The minimum Gasteiger partial charge on any atom is -0.365 e. The summed E-state index contributed by atoms with van der Waals surface area (Å²) in [5.74, 6) is -1.42. The summed E-state index contributed by atoms with van der Waals surface area (Å²) in [5, 5.41) is 9.19. The molecule has 2 aromatic rings. The van der Waals surface area contributed by atoms with Crippen molar-refractivity contribution in [1.29, 1.82) is 0 Å². The van der Waals surface area contributed by atoms with Gasteiger partial charge in [-0.2, -0.15) is 18.2 Å². The molecule has 1 N–H and O–H groups in total. The Hall–Kier alpha value is -2.59. The summed E-state index contributed by atoms with van der Waals surface area (Å²) in [5.41, 5.74) is 0.862. The fraction of sp³-hybridized carbons (Fsp3) is 0.538. The third-order valence-corrected chi connectivity index (χ3v) is 3.77. The summed E-state index contributed by atoms with van der Waals surface area (Å²) in [6.45, 7) is 0.771. The van der Waals surface area contributed by atoms with Crippen molar-refractivity contribution in [3.05, 3.63) is 29.7 Å². The maximum atomic E-state index is 12.4. The summed E-state index contributed by atoms with van der Waals surface area (Å²) in [6, 6.07) is 1.41. The molecule has 0 bridgehead atoms. The number of piperidine rings is 1. The molecule has 3 heterocycles. The molecule has 0 saturated carbocycles. The van der Waals surface area contributed by atoms with E-state index in [9.17, 15) is 18.0 Å². The minimum atomic E-state index is -4.67. The van der Waals surface area contributed by atoms with Crippen LogP contribution in [-0.4, -0.2) is 39.3 Å². The van der Waals surface area contributed by atoms with Crippen LogP contribution in [0.25, 0.3) is 0 Å². The second kappa shape index (κ2) is 6.49. The molecule has 3 rings (SSSR count). The SMILES string of the molecule is O=C(NCc1nc(C(F)(F)F)no1)N1CCC(c2ccon2)CC1. The third kappa shape index (κ3) is 3.66. The van der Waals surface area contributed by atoms with Gasteiger partial charge in [-0.05, 0) is 12.8 Å². The van der Waals surface area contributed by atoms with E-state index in [2.05, 4.69) is 25.1 Å². The highest BCUT2D eigenvalue weighted by atomic mass is 19.4. The highest BCUT2D eigenvalue weighted by Gasteiger charge is 2.37. The molecule has 0 spiro atoms. The van der Waals surface area contributed by atoms with Crippen LogP contribution in [0.15, 0.2) is 21.4 Å². The van der Waals surface area contributed by atoms with Crippen LogP contribution in [0.3, 0.4) is 0 Å². The van der Waals surface area contributed by atoms with Crippen LogP contribution >= 0.6 is 0 Å². The molecule has 24 heavy (non-hydrogen) atoms. The Morgan fingerprint density at radius 2 is 2.08 bits per heavy atom. The maximum absolute atomic E-state index is 12.4. The number of carbonyl (C=O) groups excluding carboxylic acids is 1. The van der Waals surface area contributed by atoms with E-state index in [-0.39, 0.29) is 24.4 Å². The van der Waals surface area contributed by atoms with Crippen molar-refractivity contribution in [3.63, 3.8) is 0 Å². The van der Waals surface area contributed by atoms with Crippen molar-refractivity contribution in [3.8, 4) is 0 Å². The topological polar surface area (TPSA) is 97.3 Å².